The number of ether oxygens (including phenoxy) is 4. The maximum absolute atomic E-state index is 13.4. The van der Waals surface area contributed by atoms with Crippen molar-refractivity contribution in [3.05, 3.63) is 87.9 Å². The molecule has 0 aliphatic carbocycles. The number of hydrogen-bond donors (Lipinski definition) is 2. The number of benzene rings is 3. The van der Waals surface area contributed by atoms with Crippen LogP contribution in [0.3, 0.4) is 0 Å². The summed E-state index contributed by atoms with van der Waals surface area (Å²) >= 11 is 12.1. The van der Waals surface area contributed by atoms with Crippen molar-refractivity contribution in [2.45, 2.75) is 12.2 Å². The Hall–Kier alpha value is -4.28. The molecule has 0 aromatic heterocycles. The van der Waals surface area contributed by atoms with Gasteiger partial charge < -0.3 is 29.4 Å². The third-order valence-corrected chi connectivity index (χ3v) is 5.76. The number of hydrogen-bond acceptors (Lipinski definition) is 8. The second-order valence-corrected chi connectivity index (χ2v) is 8.32. The minimum Gasteiger partial charge on any atom is -0.497 e. The van der Waals surface area contributed by atoms with Crippen LogP contribution in [0.25, 0.3) is 0 Å². The molecule has 2 N–H and O–H groups in total. The Morgan fingerprint density at radius 1 is 0.763 bits per heavy atom. The molecule has 0 saturated carbocycles. The van der Waals surface area contributed by atoms with Crippen LogP contribution in [-0.4, -0.2) is 55.3 Å². The van der Waals surface area contributed by atoms with E-state index in [1.54, 1.807) is 18.2 Å². The number of carboxylic acid groups (broad SMARTS) is 1. The van der Waals surface area contributed by atoms with Crippen molar-refractivity contribution < 1.29 is 43.2 Å². The lowest BCUT2D eigenvalue weighted by molar-refractivity contribution is -0.157. The van der Waals surface area contributed by atoms with Crippen molar-refractivity contribution in [3.63, 3.8) is 0 Å². The molecule has 2 atom stereocenters. The highest BCUT2D eigenvalue weighted by Crippen LogP contribution is 2.30. The Balaban J connectivity index is 2.00. The van der Waals surface area contributed by atoms with E-state index in [1.165, 1.54) is 62.8 Å². The molecule has 12 heteroatoms. The topological polar surface area (TPSA) is 137 Å². The summed E-state index contributed by atoms with van der Waals surface area (Å²) in [6, 6.07) is 16.0. The fourth-order valence-corrected chi connectivity index (χ4v) is 3.65. The molecule has 38 heavy (non-hydrogen) atoms. The molecule has 0 radical (unpaired) electrons. The highest BCUT2D eigenvalue weighted by Gasteiger charge is 2.41. The van der Waals surface area contributed by atoms with E-state index in [1.807, 2.05) is 0 Å². The Bertz CT molecular complexity index is 1360. The van der Waals surface area contributed by atoms with E-state index in [-0.39, 0.29) is 32.6 Å². The number of halogens is 2. The predicted molar refractivity (Wildman–Crippen MR) is 137 cm³/mol. The lowest BCUT2D eigenvalue weighted by atomic mass is 10.1. The van der Waals surface area contributed by atoms with E-state index < -0.39 is 36.0 Å². The molecular weight excluding hydrogens is 541 g/mol. The van der Waals surface area contributed by atoms with Gasteiger partial charge in [0.05, 0.1) is 41.1 Å². The summed E-state index contributed by atoms with van der Waals surface area (Å²) in [5, 5.41) is 12.3. The molecule has 0 heterocycles. The summed E-state index contributed by atoms with van der Waals surface area (Å²) in [4.78, 5) is 51.2. The average Bonchev–Trinajstić information content (AvgIpc) is 2.90. The summed E-state index contributed by atoms with van der Waals surface area (Å²) in [5.74, 6) is -4.67. The molecule has 1 amide bonds. The number of anilines is 1. The zero-order valence-electron chi connectivity index (χ0n) is 20.0. The number of amides is 1. The van der Waals surface area contributed by atoms with Gasteiger partial charge in [0.15, 0.2) is 0 Å². The van der Waals surface area contributed by atoms with Crippen LogP contribution in [0.2, 0.25) is 10.0 Å². The maximum atomic E-state index is 13.4. The molecular formula is C26H21Cl2NO9. The molecule has 0 fully saturated rings. The van der Waals surface area contributed by atoms with Gasteiger partial charge in [0, 0.05) is 6.07 Å². The van der Waals surface area contributed by atoms with Gasteiger partial charge in [-0.1, -0.05) is 47.5 Å². The predicted octanol–water partition coefficient (Wildman–Crippen LogP) is 4.48. The van der Waals surface area contributed by atoms with Gasteiger partial charge in [-0.2, -0.15) is 0 Å². The van der Waals surface area contributed by atoms with Gasteiger partial charge >= 0.3 is 17.9 Å². The molecule has 0 saturated heterocycles. The minimum absolute atomic E-state index is 0.00828. The van der Waals surface area contributed by atoms with E-state index in [9.17, 15) is 24.3 Å². The molecule has 0 bridgehead atoms. The van der Waals surface area contributed by atoms with Crippen LogP contribution >= 0.6 is 23.2 Å². The molecule has 198 valence electrons. The van der Waals surface area contributed by atoms with Crippen LogP contribution in [0.5, 0.6) is 11.5 Å². The number of esters is 2. The van der Waals surface area contributed by atoms with Crippen molar-refractivity contribution in [1.29, 1.82) is 0 Å². The molecule has 0 aliphatic rings. The number of rotatable bonds is 10. The van der Waals surface area contributed by atoms with E-state index in [0.29, 0.717) is 5.75 Å². The second kappa shape index (κ2) is 12.8. The van der Waals surface area contributed by atoms with Crippen LogP contribution in [0.1, 0.15) is 20.7 Å². The summed E-state index contributed by atoms with van der Waals surface area (Å²) < 4.78 is 20.8. The smallest absolute Gasteiger partial charge is 0.349 e. The quantitative estimate of drug-likeness (QED) is 0.343. The maximum Gasteiger partial charge on any atom is 0.349 e. The largest absolute Gasteiger partial charge is 0.497 e. The molecule has 0 unspecified atom stereocenters. The van der Waals surface area contributed by atoms with E-state index in [4.69, 9.17) is 42.1 Å². The van der Waals surface area contributed by atoms with Crippen LogP contribution in [-0.2, 0) is 19.1 Å². The Morgan fingerprint density at radius 2 is 1.29 bits per heavy atom. The SMILES string of the molecule is COc1ccc(OC)c(NC(=O)[C@H](OC(=O)c2ccccc2Cl)[C@@H](OC(=O)c2ccccc2Cl)C(=O)O)c1. The fourth-order valence-electron chi connectivity index (χ4n) is 3.22. The highest BCUT2D eigenvalue weighted by molar-refractivity contribution is 6.34. The summed E-state index contributed by atoms with van der Waals surface area (Å²) in [6.45, 7) is 0. The normalized spacial score (nSPS) is 12.0. The van der Waals surface area contributed by atoms with Gasteiger partial charge in [0.2, 0.25) is 12.2 Å². The Labute approximate surface area is 227 Å². The molecule has 3 aromatic carbocycles. The second-order valence-electron chi connectivity index (χ2n) is 7.51. The van der Waals surface area contributed by atoms with E-state index >= 15 is 0 Å². The molecule has 0 aliphatic heterocycles. The third kappa shape index (κ3) is 6.72. The number of methoxy groups -OCH3 is 2. The average molecular weight is 562 g/mol. The first-order valence-corrected chi connectivity index (χ1v) is 11.6. The monoisotopic (exact) mass is 561 g/mol. The van der Waals surface area contributed by atoms with Crippen LogP contribution in [0, 0.1) is 0 Å². The van der Waals surface area contributed by atoms with Gasteiger partial charge in [0.1, 0.15) is 11.5 Å². The Morgan fingerprint density at radius 3 is 1.76 bits per heavy atom. The van der Waals surface area contributed by atoms with Crippen LogP contribution in [0.4, 0.5) is 5.69 Å². The summed E-state index contributed by atoms with van der Waals surface area (Å²) in [7, 11) is 2.74. The number of carbonyl (C=O) groups excluding carboxylic acids is 3. The van der Waals surface area contributed by atoms with Crippen molar-refractivity contribution in [1.82, 2.24) is 0 Å². The molecule has 3 rings (SSSR count). The molecule has 3 aromatic rings. The third-order valence-electron chi connectivity index (χ3n) is 5.10. The van der Waals surface area contributed by atoms with Gasteiger partial charge in [0.25, 0.3) is 5.91 Å². The van der Waals surface area contributed by atoms with Gasteiger partial charge in [-0.3, -0.25) is 4.79 Å². The fraction of sp³-hybridized carbons (Fsp3) is 0.154. The van der Waals surface area contributed by atoms with Crippen LogP contribution in [0.15, 0.2) is 66.7 Å². The lowest BCUT2D eigenvalue weighted by Crippen LogP contribution is -2.48. The standard InChI is InChI=1S/C26H21Cl2NO9/c1-35-14-11-12-20(36-2)19(13-14)29-23(30)21(37-25(33)15-7-3-5-9-17(15)27)22(24(31)32)38-26(34)16-8-4-6-10-18(16)28/h3-13,21-22H,1-2H3,(H,29,30)(H,31,32)/t21-,22-/m1/s1. The van der Waals surface area contributed by atoms with Crippen LogP contribution < -0.4 is 14.8 Å². The number of carboxylic acids is 1. The number of aliphatic carboxylic acids is 1. The van der Waals surface area contributed by atoms with Gasteiger partial charge in [-0.25, -0.2) is 14.4 Å². The van der Waals surface area contributed by atoms with Crippen molar-refractivity contribution >= 4 is 52.7 Å². The van der Waals surface area contributed by atoms with Crippen molar-refractivity contribution in [3.8, 4) is 11.5 Å². The molecule has 0 spiro atoms. The first kappa shape index (κ1) is 28.3. The zero-order chi connectivity index (χ0) is 27.8. The number of nitrogens with one attached hydrogen (secondary N) is 1. The first-order valence-electron chi connectivity index (χ1n) is 10.8. The van der Waals surface area contributed by atoms with Gasteiger partial charge in [-0.05, 0) is 36.4 Å². The first-order chi connectivity index (χ1) is 18.2. The molecule has 10 nitrogen and oxygen atoms in total. The van der Waals surface area contributed by atoms with E-state index in [0.717, 1.165) is 0 Å². The van der Waals surface area contributed by atoms with Crippen molar-refractivity contribution in [2.24, 2.45) is 0 Å². The summed E-state index contributed by atoms with van der Waals surface area (Å²) in [6.07, 6.45) is -4.44. The zero-order valence-corrected chi connectivity index (χ0v) is 21.5. The number of carbonyl (C=O) groups is 4. The van der Waals surface area contributed by atoms with E-state index in [2.05, 4.69) is 5.32 Å². The Kier molecular flexibility index (Phi) is 9.53. The minimum atomic E-state index is -2.28. The highest BCUT2D eigenvalue weighted by atomic mass is 35.5. The van der Waals surface area contributed by atoms with Crippen molar-refractivity contribution in [2.75, 3.05) is 19.5 Å². The summed E-state index contributed by atoms with van der Waals surface area (Å²) in [5.41, 5.74) is -0.240. The van der Waals surface area contributed by atoms with Gasteiger partial charge in [-0.15, -0.1) is 0 Å². The lowest BCUT2D eigenvalue weighted by Gasteiger charge is -2.24.